The van der Waals surface area contributed by atoms with E-state index in [1.54, 1.807) is 26.6 Å². The van der Waals surface area contributed by atoms with Crippen molar-refractivity contribution in [2.24, 2.45) is 0 Å². The van der Waals surface area contributed by atoms with Gasteiger partial charge in [-0.3, -0.25) is 4.57 Å². The maximum Gasteiger partial charge on any atom is 0.215 e. The summed E-state index contributed by atoms with van der Waals surface area (Å²) in [5, 5.41) is 0. The minimum absolute atomic E-state index is 0.567. The molecule has 96 valence electrons. The predicted molar refractivity (Wildman–Crippen MR) is 72.0 cm³/mol. The van der Waals surface area contributed by atoms with Gasteiger partial charge in [0.1, 0.15) is 17.6 Å². The average molecular weight is 255 g/mol. The zero-order chi connectivity index (χ0) is 13.2. The Balaban J connectivity index is 2.18. The minimum atomic E-state index is 0.567. The van der Waals surface area contributed by atoms with Gasteiger partial charge in [0.05, 0.1) is 19.9 Å². The Kier molecular flexibility index (Phi) is 2.79. The molecular formula is C14H13N3O2. The fourth-order valence-electron chi connectivity index (χ4n) is 1.94. The van der Waals surface area contributed by atoms with Gasteiger partial charge >= 0.3 is 0 Å². The molecule has 0 amide bonds. The van der Waals surface area contributed by atoms with E-state index < -0.39 is 0 Å². The minimum Gasteiger partial charge on any atom is -0.497 e. The van der Waals surface area contributed by atoms with E-state index in [4.69, 9.17) is 9.47 Å². The number of pyridine rings is 1. The molecule has 0 aliphatic carbocycles. The van der Waals surface area contributed by atoms with Crippen LogP contribution >= 0.6 is 0 Å². The number of benzene rings is 1. The zero-order valence-electron chi connectivity index (χ0n) is 10.7. The highest BCUT2D eigenvalue weighted by Crippen LogP contribution is 2.22. The lowest BCUT2D eigenvalue weighted by molar-refractivity contribution is 0.399. The number of methoxy groups -OCH3 is 2. The SMILES string of the molecule is COc1cccc(-n2cnc3ccc(OC)nc32)c1. The van der Waals surface area contributed by atoms with E-state index in [0.717, 1.165) is 22.6 Å². The molecule has 0 saturated carbocycles. The van der Waals surface area contributed by atoms with E-state index >= 15 is 0 Å². The van der Waals surface area contributed by atoms with Gasteiger partial charge in [0.2, 0.25) is 5.88 Å². The van der Waals surface area contributed by atoms with Crippen LogP contribution < -0.4 is 9.47 Å². The lowest BCUT2D eigenvalue weighted by atomic mass is 10.3. The molecule has 0 unspecified atom stereocenters. The summed E-state index contributed by atoms with van der Waals surface area (Å²) < 4.78 is 12.3. The Morgan fingerprint density at radius 3 is 2.74 bits per heavy atom. The molecule has 1 aromatic carbocycles. The first-order valence-corrected chi connectivity index (χ1v) is 5.84. The molecule has 0 fully saturated rings. The van der Waals surface area contributed by atoms with E-state index in [1.807, 2.05) is 34.9 Å². The quantitative estimate of drug-likeness (QED) is 0.721. The van der Waals surface area contributed by atoms with Crippen LogP contribution in [0.3, 0.4) is 0 Å². The summed E-state index contributed by atoms with van der Waals surface area (Å²) >= 11 is 0. The molecule has 19 heavy (non-hydrogen) atoms. The number of rotatable bonds is 3. The van der Waals surface area contributed by atoms with Crippen LogP contribution in [0.15, 0.2) is 42.7 Å². The topological polar surface area (TPSA) is 49.2 Å². The van der Waals surface area contributed by atoms with Crippen molar-refractivity contribution >= 4 is 11.2 Å². The average Bonchev–Trinajstić information content (AvgIpc) is 2.90. The van der Waals surface area contributed by atoms with Crippen LogP contribution in [0.4, 0.5) is 0 Å². The molecule has 0 aliphatic rings. The lowest BCUT2D eigenvalue weighted by Crippen LogP contribution is -1.96. The Labute approximate surface area is 110 Å². The number of hydrogen-bond donors (Lipinski definition) is 0. The van der Waals surface area contributed by atoms with Gasteiger partial charge in [0.15, 0.2) is 5.65 Å². The second kappa shape index (κ2) is 4.61. The molecule has 0 atom stereocenters. The van der Waals surface area contributed by atoms with Gasteiger partial charge in [0.25, 0.3) is 0 Å². The van der Waals surface area contributed by atoms with Crippen LogP contribution in [0, 0.1) is 0 Å². The normalized spacial score (nSPS) is 10.6. The van der Waals surface area contributed by atoms with Crippen molar-refractivity contribution in [1.82, 2.24) is 14.5 Å². The predicted octanol–water partition coefficient (Wildman–Crippen LogP) is 2.44. The molecule has 2 aromatic heterocycles. The molecular weight excluding hydrogens is 242 g/mol. The maximum absolute atomic E-state index is 5.23. The highest BCUT2D eigenvalue weighted by Gasteiger charge is 2.08. The summed E-state index contributed by atoms with van der Waals surface area (Å²) in [5.41, 5.74) is 2.53. The van der Waals surface area contributed by atoms with E-state index in [0.29, 0.717) is 5.88 Å². The molecule has 0 saturated heterocycles. The van der Waals surface area contributed by atoms with Crippen LogP contribution in [0.2, 0.25) is 0 Å². The summed E-state index contributed by atoms with van der Waals surface area (Å²) in [7, 11) is 3.24. The van der Waals surface area contributed by atoms with Crippen molar-refractivity contribution in [3.63, 3.8) is 0 Å². The van der Waals surface area contributed by atoms with Gasteiger partial charge in [0, 0.05) is 12.1 Å². The first-order chi connectivity index (χ1) is 9.31. The van der Waals surface area contributed by atoms with Crippen molar-refractivity contribution < 1.29 is 9.47 Å². The lowest BCUT2D eigenvalue weighted by Gasteiger charge is -2.06. The highest BCUT2D eigenvalue weighted by molar-refractivity contribution is 5.73. The molecule has 5 heteroatoms. The maximum atomic E-state index is 5.23. The molecule has 2 heterocycles. The van der Waals surface area contributed by atoms with Crippen molar-refractivity contribution in [2.75, 3.05) is 14.2 Å². The Bertz CT molecular complexity index is 722. The summed E-state index contributed by atoms with van der Waals surface area (Å²) in [6, 6.07) is 11.4. The third kappa shape index (κ3) is 1.99. The van der Waals surface area contributed by atoms with E-state index in [9.17, 15) is 0 Å². The largest absolute Gasteiger partial charge is 0.497 e. The molecule has 5 nitrogen and oxygen atoms in total. The summed E-state index contributed by atoms with van der Waals surface area (Å²) in [4.78, 5) is 8.75. The van der Waals surface area contributed by atoms with Gasteiger partial charge in [-0.25, -0.2) is 4.98 Å². The van der Waals surface area contributed by atoms with Gasteiger partial charge in [-0.15, -0.1) is 0 Å². The van der Waals surface area contributed by atoms with Crippen molar-refractivity contribution in [2.45, 2.75) is 0 Å². The molecule has 3 aromatic rings. The van der Waals surface area contributed by atoms with Gasteiger partial charge in [-0.1, -0.05) is 6.07 Å². The molecule has 0 aliphatic heterocycles. The number of hydrogen-bond acceptors (Lipinski definition) is 4. The Hall–Kier alpha value is -2.56. The van der Waals surface area contributed by atoms with E-state index in [1.165, 1.54) is 0 Å². The smallest absolute Gasteiger partial charge is 0.215 e. The first-order valence-electron chi connectivity index (χ1n) is 5.84. The number of aromatic nitrogens is 3. The number of nitrogens with zero attached hydrogens (tertiary/aromatic N) is 3. The Morgan fingerprint density at radius 1 is 1.05 bits per heavy atom. The monoisotopic (exact) mass is 255 g/mol. The second-order valence-corrected chi connectivity index (χ2v) is 4.01. The second-order valence-electron chi connectivity index (χ2n) is 4.01. The highest BCUT2D eigenvalue weighted by atomic mass is 16.5. The fraction of sp³-hybridized carbons (Fsp3) is 0.143. The van der Waals surface area contributed by atoms with Crippen molar-refractivity contribution in [1.29, 1.82) is 0 Å². The van der Waals surface area contributed by atoms with Crippen LogP contribution in [-0.4, -0.2) is 28.8 Å². The van der Waals surface area contributed by atoms with E-state index in [2.05, 4.69) is 9.97 Å². The standard InChI is InChI=1S/C14H13N3O2/c1-18-11-5-3-4-10(8-11)17-9-15-12-6-7-13(19-2)16-14(12)17/h3-9H,1-2H3. The number of fused-ring (bicyclic) bond motifs is 1. The third-order valence-corrected chi connectivity index (χ3v) is 2.91. The first kappa shape index (κ1) is 11.5. The number of ether oxygens (including phenoxy) is 2. The Morgan fingerprint density at radius 2 is 1.95 bits per heavy atom. The third-order valence-electron chi connectivity index (χ3n) is 2.91. The number of imidazole rings is 1. The van der Waals surface area contributed by atoms with Crippen LogP contribution in [-0.2, 0) is 0 Å². The molecule has 3 rings (SSSR count). The summed E-state index contributed by atoms with van der Waals surface area (Å²) in [6.45, 7) is 0. The zero-order valence-corrected chi connectivity index (χ0v) is 10.7. The molecule has 0 bridgehead atoms. The van der Waals surface area contributed by atoms with Gasteiger partial charge in [-0.05, 0) is 18.2 Å². The van der Waals surface area contributed by atoms with Crippen molar-refractivity contribution in [3.05, 3.63) is 42.7 Å². The van der Waals surface area contributed by atoms with Crippen LogP contribution in [0.5, 0.6) is 11.6 Å². The summed E-state index contributed by atoms with van der Waals surface area (Å²) in [6.07, 6.45) is 1.74. The van der Waals surface area contributed by atoms with Gasteiger partial charge in [-0.2, -0.15) is 4.98 Å². The van der Waals surface area contributed by atoms with Crippen molar-refractivity contribution in [3.8, 4) is 17.3 Å². The summed E-state index contributed by atoms with van der Waals surface area (Å²) in [5.74, 6) is 1.36. The van der Waals surface area contributed by atoms with Crippen LogP contribution in [0.1, 0.15) is 0 Å². The molecule has 0 radical (unpaired) electrons. The molecule has 0 N–H and O–H groups in total. The van der Waals surface area contributed by atoms with E-state index in [-0.39, 0.29) is 0 Å². The molecule has 0 spiro atoms. The van der Waals surface area contributed by atoms with Gasteiger partial charge < -0.3 is 9.47 Å². The fourth-order valence-corrected chi connectivity index (χ4v) is 1.94. The van der Waals surface area contributed by atoms with Crippen LogP contribution in [0.25, 0.3) is 16.9 Å².